The minimum absolute atomic E-state index is 0.161. The highest BCUT2D eigenvalue weighted by Crippen LogP contribution is 2.05. The lowest BCUT2D eigenvalue weighted by Crippen LogP contribution is -2.20. The first-order valence-corrected chi connectivity index (χ1v) is 5.29. The average Bonchev–Trinajstić information content (AvgIpc) is 2.63. The van der Waals surface area contributed by atoms with E-state index in [0.717, 1.165) is 31.0 Å². The Kier molecular flexibility index (Phi) is 4.98. The lowest BCUT2D eigenvalue weighted by molar-refractivity contribution is -0.140. The fourth-order valence-corrected chi connectivity index (χ4v) is 1.44. The summed E-state index contributed by atoms with van der Waals surface area (Å²) in [6.07, 6.45) is 1.25. The third-order valence-electron chi connectivity index (χ3n) is 2.26. The standard InChI is InChI=1S/C11H18N2O3/c1-9-7-10(12-16-9)8-13(2)6-4-5-11(14)15-3/h7H,4-6,8H2,1-3H3. The molecule has 0 amide bonds. The zero-order valence-corrected chi connectivity index (χ0v) is 10.0. The van der Waals surface area contributed by atoms with E-state index in [-0.39, 0.29) is 5.97 Å². The zero-order valence-electron chi connectivity index (χ0n) is 10.0. The number of nitrogens with zero attached hydrogens (tertiary/aromatic N) is 2. The molecular formula is C11H18N2O3. The van der Waals surface area contributed by atoms with Crippen LogP contribution in [0.3, 0.4) is 0 Å². The van der Waals surface area contributed by atoms with Gasteiger partial charge >= 0.3 is 5.97 Å². The SMILES string of the molecule is COC(=O)CCCN(C)Cc1cc(C)on1. The summed E-state index contributed by atoms with van der Waals surface area (Å²) in [6, 6.07) is 1.91. The average molecular weight is 226 g/mol. The van der Waals surface area contributed by atoms with Crippen molar-refractivity contribution in [2.75, 3.05) is 20.7 Å². The summed E-state index contributed by atoms with van der Waals surface area (Å²) in [5.41, 5.74) is 0.915. The molecule has 0 radical (unpaired) electrons. The number of carbonyl (C=O) groups is 1. The molecule has 0 aromatic carbocycles. The first-order chi connectivity index (χ1) is 7.61. The Morgan fingerprint density at radius 3 is 2.94 bits per heavy atom. The second-order valence-electron chi connectivity index (χ2n) is 3.85. The van der Waals surface area contributed by atoms with Crippen molar-refractivity contribution < 1.29 is 14.1 Å². The highest BCUT2D eigenvalue weighted by atomic mass is 16.5. The smallest absolute Gasteiger partial charge is 0.305 e. The maximum atomic E-state index is 10.9. The third kappa shape index (κ3) is 4.44. The largest absolute Gasteiger partial charge is 0.469 e. The number of methoxy groups -OCH3 is 1. The van der Waals surface area contributed by atoms with Crippen molar-refractivity contribution in [3.05, 3.63) is 17.5 Å². The maximum Gasteiger partial charge on any atom is 0.305 e. The van der Waals surface area contributed by atoms with E-state index in [1.807, 2.05) is 20.0 Å². The number of aryl methyl sites for hydroxylation is 1. The Bertz CT molecular complexity index is 336. The van der Waals surface area contributed by atoms with Crippen molar-refractivity contribution in [1.29, 1.82) is 0 Å². The highest BCUT2D eigenvalue weighted by molar-refractivity contribution is 5.69. The molecule has 0 fully saturated rings. The summed E-state index contributed by atoms with van der Waals surface area (Å²) >= 11 is 0. The van der Waals surface area contributed by atoms with Gasteiger partial charge in [0.15, 0.2) is 0 Å². The van der Waals surface area contributed by atoms with E-state index in [2.05, 4.69) is 14.8 Å². The zero-order chi connectivity index (χ0) is 12.0. The van der Waals surface area contributed by atoms with Gasteiger partial charge in [-0.2, -0.15) is 0 Å². The van der Waals surface area contributed by atoms with Crippen LogP contribution in [0.15, 0.2) is 10.6 Å². The second kappa shape index (κ2) is 6.27. The van der Waals surface area contributed by atoms with Crippen LogP contribution in [0.2, 0.25) is 0 Å². The molecule has 0 aliphatic rings. The highest BCUT2D eigenvalue weighted by Gasteiger charge is 2.06. The van der Waals surface area contributed by atoms with Crippen molar-refractivity contribution >= 4 is 5.97 Å². The van der Waals surface area contributed by atoms with Crippen molar-refractivity contribution in [3.8, 4) is 0 Å². The minimum Gasteiger partial charge on any atom is -0.469 e. The van der Waals surface area contributed by atoms with Crippen LogP contribution in [0, 0.1) is 6.92 Å². The predicted octanol–water partition coefficient (Wildman–Crippen LogP) is 1.37. The van der Waals surface area contributed by atoms with Crippen LogP contribution < -0.4 is 0 Å². The molecule has 0 atom stereocenters. The molecule has 90 valence electrons. The van der Waals surface area contributed by atoms with Crippen LogP contribution in [0.5, 0.6) is 0 Å². The van der Waals surface area contributed by atoms with Gasteiger partial charge in [0.25, 0.3) is 0 Å². The first-order valence-electron chi connectivity index (χ1n) is 5.29. The molecule has 0 unspecified atom stereocenters. The summed E-state index contributed by atoms with van der Waals surface area (Å²) in [4.78, 5) is 13.0. The fourth-order valence-electron chi connectivity index (χ4n) is 1.44. The van der Waals surface area contributed by atoms with E-state index in [9.17, 15) is 4.79 Å². The number of hydrogen-bond donors (Lipinski definition) is 0. The van der Waals surface area contributed by atoms with Gasteiger partial charge in [0.05, 0.1) is 12.8 Å². The van der Waals surface area contributed by atoms with Gasteiger partial charge in [0.2, 0.25) is 0 Å². The Morgan fingerprint density at radius 1 is 1.62 bits per heavy atom. The summed E-state index contributed by atoms with van der Waals surface area (Å²) in [7, 11) is 3.39. The number of esters is 1. The van der Waals surface area contributed by atoms with Crippen molar-refractivity contribution in [3.63, 3.8) is 0 Å². The number of carbonyl (C=O) groups excluding carboxylic acids is 1. The van der Waals surface area contributed by atoms with Crippen molar-refractivity contribution in [2.24, 2.45) is 0 Å². The van der Waals surface area contributed by atoms with E-state index in [1.165, 1.54) is 7.11 Å². The molecule has 0 saturated heterocycles. The summed E-state index contributed by atoms with van der Waals surface area (Å²) < 4.78 is 9.54. The molecule has 1 heterocycles. The van der Waals surface area contributed by atoms with Crippen LogP contribution in [0.25, 0.3) is 0 Å². The topological polar surface area (TPSA) is 55.6 Å². The van der Waals surface area contributed by atoms with Gasteiger partial charge in [-0.15, -0.1) is 0 Å². The third-order valence-corrected chi connectivity index (χ3v) is 2.26. The quantitative estimate of drug-likeness (QED) is 0.686. The molecule has 1 rings (SSSR count). The monoisotopic (exact) mass is 226 g/mol. The number of hydrogen-bond acceptors (Lipinski definition) is 5. The number of rotatable bonds is 6. The summed E-state index contributed by atoms with van der Waals surface area (Å²) in [5.74, 6) is 0.656. The molecule has 0 saturated carbocycles. The van der Waals surface area contributed by atoms with Crippen molar-refractivity contribution in [2.45, 2.75) is 26.3 Å². The van der Waals surface area contributed by atoms with E-state index in [4.69, 9.17) is 4.52 Å². The molecule has 0 N–H and O–H groups in total. The molecule has 0 spiro atoms. The van der Waals surface area contributed by atoms with Gasteiger partial charge in [-0.1, -0.05) is 5.16 Å². The Hall–Kier alpha value is -1.36. The fraction of sp³-hybridized carbons (Fsp3) is 0.636. The maximum absolute atomic E-state index is 10.9. The van der Waals surface area contributed by atoms with Gasteiger partial charge in [-0.05, 0) is 26.9 Å². The second-order valence-corrected chi connectivity index (χ2v) is 3.85. The first kappa shape index (κ1) is 12.7. The Labute approximate surface area is 95.4 Å². The normalized spacial score (nSPS) is 10.8. The lowest BCUT2D eigenvalue weighted by Gasteiger charge is -2.13. The number of ether oxygens (including phenoxy) is 1. The molecule has 5 heteroatoms. The van der Waals surface area contributed by atoms with Gasteiger partial charge in [-0.25, -0.2) is 0 Å². The molecular weight excluding hydrogens is 208 g/mol. The van der Waals surface area contributed by atoms with Crippen LogP contribution in [0.1, 0.15) is 24.3 Å². The molecule has 1 aromatic heterocycles. The predicted molar refractivity (Wildman–Crippen MR) is 58.8 cm³/mol. The number of aromatic nitrogens is 1. The van der Waals surface area contributed by atoms with E-state index in [1.54, 1.807) is 0 Å². The summed E-state index contributed by atoms with van der Waals surface area (Å²) in [6.45, 7) is 3.44. The molecule has 16 heavy (non-hydrogen) atoms. The van der Waals surface area contributed by atoms with Gasteiger partial charge in [-0.3, -0.25) is 4.79 Å². The van der Waals surface area contributed by atoms with Crippen molar-refractivity contribution in [1.82, 2.24) is 10.1 Å². The van der Waals surface area contributed by atoms with Crippen LogP contribution in [0.4, 0.5) is 0 Å². The van der Waals surface area contributed by atoms with Gasteiger partial charge in [0.1, 0.15) is 5.76 Å². The minimum atomic E-state index is -0.161. The Balaban J connectivity index is 2.20. The van der Waals surface area contributed by atoms with Crippen LogP contribution >= 0.6 is 0 Å². The molecule has 0 bridgehead atoms. The molecule has 0 aliphatic heterocycles. The van der Waals surface area contributed by atoms with Gasteiger partial charge in [0, 0.05) is 19.0 Å². The molecule has 1 aromatic rings. The van der Waals surface area contributed by atoms with Crippen LogP contribution in [-0.2, 0) is 16.1 Å². The van der Waals surface area contributed by atoms with E-state index >= 15 is 0 Å². The molecule has 0 aliphatic carbocycles. The Morgan fingerprint density at radius 2 is 2.38 bits per heavy atom. The summed E-state index contributed by atoms with van der Waals surface area (Å²) in [5, 5.41) is 3.91. The molecule has 5 nitrogen and oxygen atoms in total. The van der Waals surface area contributed by atoms with E-state index in [0.29, 0.717) is 6.42 Å². The van der Waals surface area contributed by atoms with Gasteiger partial charge < -0.3 is 14.2 Å². The lowest BCUT2D eigenvalue weighted by atomic mass is 10.3. The van der Waals surface area contributed by atoms with E-state index < -0.39 is 0 Å². The van der Waals surface area contributed by atoms with Crippen LogP contribution in [-0.4, -0.2) is 36.7 Å².